The summed E-state index contributed by atoms with van der Waals surface area (Å²) < 4.78 is 5.29. The molecule has 1 aromatic carbocycles. The van der Waals surface area contributed by atoms with Crippen molar-refractivity contribution in [3.05, 3.63) is 28.8 Å². The molecule has 0 aliphatic carbocycles. The molecule has 1 aromatic rings. The van der Waals surface area contributed by atoms with Crippen LogP contribution in [0, 0.1) is 11.3 Å². The number of carboxylic acids is 1. The number of halogens is 1. The maximum absolute atomic E-state index is 10.6. The second kappa shape index (κ2) is 5.38. The molecular weight excluding hydrogens is 230 g/mol. The van der Waals surface area contributed by atoms with Gasteiger partial charge in [0, 0.05) is 0 Å². The van der Waals surface area contributed by atoms with E-state index in [1.807, 2.05) is 13.0 Å². The van der Waals surface area contributed by atoms with Crippen molar-refractivity contribution in [1.29, 1.82) is 5.26 Å². The number of carboxylic acid groups (broad SMARTS) is 1. The molecule has 1 unspecified atom stereocenters. The van der Waals surface area contributed by atoms with Gasteiger partial charge in [-0.05, 0) is 24.6 Å². The molecule has 4 nitrogen and oxygen atoms in total. The molecule has 1 rings (SSSR count). The molecule has 0 aromatic heterocycles. The van der Waals surface area contributed by atoms with Gasteiger partial charge in [-0.15, -0.1) is 0 Å². The Labute approximate surface area is 98.0 Å². The smallest absolute Gasteiger partial charge is 0.335 e. The normalized spacial score (nSPS) is 11.6. The molecule has 0 fully saturated rings. The first-order chi connectivity index (χ1) is 7.58. The largest absolute Gasteiger partial charge is 0.478 e. The third-order valence-corrected chi connectivity index (χ3v) is 2.26. The molecular formula is C11H10ClNO3. The first-order valence-corrected chi connectivity index (χ1v) is 5.05. The molecule has 0 bridgehead atoms. The second-order valence-corrected chi connectivity index (χ2v) is 3.50. The summed E-state index contributed by atoms with van der Waals surface area (Å²) in [4.78, 5) is 10.6. The summed E-state index contributed by atoms with van der Waals surface area (Å²) in [6.45, 7) is 1.81. The second-order valence-electron chi connectivity index (χ2n) is 3.09. The van der Waals surface area contributed by atoms with Crippen LogP contribution in [-0.4, -0.2) is 17.2 Å². The molecule has 5 heteroatoms. The third kappa shape index (κ3) is 2.88. The highest BCUT2D eigenvalue weighted by molar-refractivity contribution is 6.32. The van der Waals surface area contributed by atoms with Crippen LogP contribution in [0.2, 0.25) is 5.02 Å². The van der Waals surface area contributed by atoms with Crippen molar-refractivity contribution in [2.45, 2.75) is 19.4 Å². The number of rotatable bonds is 4. The van der Waals surface area contributed by atoms with Crippen molar-refractivity contribution >= 4 is 17.6 Å². The molecule has 1 atom stereocenters. The minimum absolute atomic E-state index is 0.0855. The number of nitrogens with zero attached hydrogens (tertiary/aromatic N) is 1. The Morgan fingerprint density at radius 2 is 2.38 bits per heavy atom. The SMILES string of the molecule is CCC(C#N)Oc1ccc(C(=O)O)cc1Cl. The summed E-state index contributed by atoms with van der Waals surface area (Å²) in [5, 5.41) is 17.6. The van der Waals surface area contributed by atoms with Gasteiger partial charge in [-0.2, -0.15) is 5.26 Å². The van der Waals surface area contributed by atoms with Crippen LogP contribution in [0.25, 0.3) is 0 Å². The molecule has 16 heavy (non-hydrogen) atoms. The number of hydrogen-bond donors (Lipinski definition) is 1. The Balaban J connectivity index is 2.92. The van der Waals surface area contributed by atoms with Crippen LogP contribution < -0.4 is 4.74 Å². The van der Waals surface area contributed by atoms with Crippen molar-refractivity contribution in [2.75, 3.05) is 0 Å². The highest BCUT2D eigenvalue weighted by Gasteiger charge is 2.11. The van der Waals surface area contributed by atoms with Crippen molar-refractivity contribution in [3.63, 3.8) is 0 Å². The van der Waals surface area contributed by atoms with Crippen LogP contribution >= 0.6 is 11.6 Å². The number of nitriles is 1. The lowest BCUT2D eigenvalue weighted by Crippen LogP contribution is -2.12. The van der Waals surface area contributed by atoms with Crippen LogP contribution in [0.3, 0.4) is 0 Å². The summed E-state index contributed by atoms with van der Waals surface area (Å²) in [6, 6.07) is 6.10. The van der Waals surface area contributed by atoms with Crippen molar-refractivity contribution in [1.82, 2.24) is 0 Å². The van der Waals surface area contributed by atoms with Gasteiger partial charge in [0.2, 0.25) is 0 Å². The minimum atomic E-state index is -1.05. The Hall–Kier alpha value is -1.73. The van der Waals surface area contributed by atoms with Crippen LogP contribution in [0.15, 0.2) is 18.2 Å². The predicted molar refractivity (Wildman–Crippen MR) is 58.7 cm³/mol. The Bertz CT molecular complexity index is 439. The van der Waals surface area contributed by atoms with E-state index in [-0.39, 0.29) is 10.6 Å². The molecule has 0 aliphatic rings. The molecule has 0 saturated carbocycles. The predicted octanol–water partition coefficient (Wildman–Crippen LogP) is 2.72. The van der Waals surface area contributed by atoms with Gasteiger partial charge in [0.1, 0.15) is 11.8 Å². The summed E-state index contributed by atoms with van der Waals surface area (Å²) in [7, 11) is 0. The van der Waals surface area contributed by atoms with Crippen LogP contribution in [-0.2, 0) is 0 Å². The molecule has 0 amide bonds. The van der Waals surface area contributed by atoms with E-state index in [4.69, 9.17) is 26.7 Å². The van der Waals surface area contributed by atoms with Gasteiger partial charge in [-0.1, -0.05) is 18.5 Å². The van der Waals surface area contributed by atoms with Gasteiger partial charge in [-0.25, -0.2) is 4.79 Å². The van der Waals surface area contributed by atoms with E-state index in [2.05, 4.69) is 0 Å². The highest BCUT2D eigenvalue weighted by atomic mass is 35.5. The first kappa shape index (κ1) is 12.3. The zero-order valence-electron chi connectivity index (χ0n) is 8.61. The zero-order valence-corrected chi connectivity index (χ0v) is 9.36. The fourth-order valence-corrected chi connectivity index (χ4v) is 1.31. The number of aromatic carboxylic acids is 1. The number of hydrogen-bond acceptors (Lipinski definition) is 3. The summed E-state index contributed by atoms with van der Waals surface area (Å²) in [5.74, 6) is -0.735. The molecule has 0 spiro atoms. The molecule has 0 heterocycles. The number of benzene rings is 1. The van der Waals surface area contributed by atoms with Crippen LogP contribution in [0.5, 0.6) is 5.75 Å². The van der Waals surface area contributed by atoms with Crippen LogP contribution in [0.1, 0.15) is 23.7 Å². The summed E-state index contributed by atoms with van der Waals surface area (Å²) in [5.41, 5.74) is 0.0855. The summed E-state index contributed by atoms with van der Waals surface area (Å²) in [6.07, 6.45) is -0.0405. The Morgan fingerprint density at radius 1 is 1.69 bits per heavy atom. The van der Waals surface area contributed by atoms with E-state index in [0.717, 1.165) is 0 Å². The quantitative estimate of drug-likeness (QED) is 0.877. The molecule has 0 radical (unpaired) electrons. The van der Waals surface area contributed by atoms with Gasteiger partial charge in [-0.3, -0.25) is 0 Å². The Morgan fingerprint density at radius 3 is 2.81 bits per heavy atom. The average molecular weight is 240 g/mol. The maximum atomic E-state index is 10.6. The van der Waals surface area contributed by atoms with Gasteiger partial charge < -0.3 is 9.84 Å². The first-order valence-electron chi connectivity index (χ1n) is 4.67. The molecule has 84 valence electrons. The van der Waals surface area contributed by atoms with E-state index in [0.29, 0.717) is 12.2 Å². The molecule has 0 aliphatic heterocycles. The lowest BCUT2D eigenvalue weighted by molar-refractivity contribution is 0.0697. The van der Waals surface area contributed by atoms with E-state index >= 15 is 0 Å². The molecule has 0 saturated heterocycles. The van der Waals surface area contributed by atoms with Crippen molar-refractivity contribution < 1.29 is 14.6 Å². The highest BCUT2D eigenvalue weighted by Crippen LogP contribution is 2.26. The Kier molecular flexibility index (Phi) is 4.15. The fraction of sp³-hybridized carbons (Fsp3) is 0.273. The lowest BCUT2D eigenvalue weighted by Gasteiger charge is -2.11. The topological polar surface area (TPSA) is 70.3 Å². The van der Waals surface area contributed by atoms with Gasteiger partial charge >= 0.3 is 5.97 Å². The number of carbonyl (C=O) groups is 1. The van der Waals surface area contributed by atoms with E-state index < -0.39 is 12.1 Å². The lowest BCUT2D eigenvalue weighted by atomic mass is 10.2. The van der Waals surface area contributed by atoms with Gasteiger partial charge in [0.25, 0.3) is 0 Å². The fourth-order valence-electron chi connectivity index (χ4n) is 1.08. The number of ether oxygens (including phenoxy) is 1. The zero-order chi connectivity index (χ0) is 12.1. The van der Waals surface area contributed by atoms with Crippen molar-refractivity contribution in [2.24, 2.45) is 0 Å². The van der Waals surface area contributed by atoms with E-state index in [1.165, 1.54) is 18.2 Å². The monoisotopic (exact) mass is 239 g/mol. The standard InChI is InChI=1S/C11H10ClNO3/c1-2-8(6-13)16-10-4-3-7(11(14)15)5-9(10)12/h3-5,8H,2H2,1H3,(H,14,15). The summed E-state index contributed by atoms with van der Waals surface area (Å²) >= 11 is 5.83. The van der Waals surface area contributed by atoms with E-state index in [9.17, 15) is 4.79 Å². The third-order valence-electron chi connectivity index (χ3n) is 1.96. The van der Waals surface area contributed by atoms with E-state index in [1.54, 1.807) is 0 Å². The van der Waals surface area contributed by atoms with Gasteiger partial charge in [0.15, 0.2) is 6.10 Å². The maximum Gasteiger partial charge on any atom is 0.335 e. The van der Waals surface area contributed by atoms with Crippen LogP contribution in [0.4, 0.5) is 0 Å². The minimum Gasteiger partial charge on any atom is -0.478 e. The van der Waals surface area contributed by atoms with Crippen molar-refractivity contribution in [3.8, 4) is 11.8 Å². The van der Waals surface area contributed by atoms with Gasteiger partial charge in [0.05, 0.1) is 10.6 Å². The molecule has 1 N–H and O–H groups in total. The average Bonchev–Trinajstić information content (AvgIpc) is 2.27.